The Balaban J connectivity index is 2.35. The van der Waals surface area contributed by atoms with Gasteiger partial charge in [-0.25, -0.2) is 4.79 Å². The van der Waals surface area contributed by atoms with Gasteiger partial charge in [-0.3, -0.25) is 4.79 Å². The normalized spacial score (nSPS) is 10.7. The average molecular weight is 390 g/mol. The number of carboxylic acid groups (broad SMARTS) is 1. The van der Waals surface area contributed by atoms with Gasteiger partial charge in [0, 0.05) is 30.2 Å². The van der Waals surface area contributed by atoms with Crippen LogP contribution in [0.2, 0.25) is 5.02 Å². The zero-order valence-corrected chi connectivity index (χ0v) is 16.5. The van der Waals surface area contributed by atoms with Crippen LogP contribution in [0.3, 0.4) is 0 Å². The van der Waals surface area contributed by atoms with Gasteiger partial charge < -0.3 is 20.2 Å². The Labute approximate surface area is 164 Å². The van der Waals surface area contributed by atoms with E-state index < -0.39 is 5.97 Å². The molecule has 0 aliphatic heterocycles. The molecular formula is C20H24ClN3O3. The number of halogens is 1. The number of hydrogen-bond acceptors (Lipinski definition) is 4. The van der Waals surface area contributed by atoms with Gasteiger partial charge in [0.05, 0.1) is 16.9 Å². The average Bonchev–Trinajstić information content (AvgIpc) is 2.63. The van der Waals surface area contributed by atoms with Crippen molar-refractivity contribution in [2.45, 2.75) is 6.92 Å². The zero-order chi connectivity index (χ0) is 20.0. The molecule has 7 heteroatoms. The third-order valence-electron chi connectivity index (χ3n) is 4.14. The van der Waals surface area contributed by atoms with Crippen LogP contribution >= 0.6 is 11.6 Å². The summed E-state index contributed by atoms with van der Waals surface area (Å²) in [4.78, 5) is 28.1. The third-order valence-corrected chi connectivity index (χ3v) is 4.39. The van der Waals surface area contributed by atoms with Crippen LogP contribution in [0, 0.1) is 0 Å². The number of hydrogen-bond donors (Lipinski definition) is 2. The van der Waals surface area contributed by atoms with Crippen molar-refractivity contribution in [3.05, 3.63) is 58.6 Å². The Bertz CT molecular complexity index is 807. The first kappa shape index (κ1) is 20.7. The lowest BCUT2D eigenvalue weighted by Crippen LogP contribution is -2.32. The van der Waals surface area contributed by atoms with Crippen LogP contribution in [0.25, 0.3) is 0 Å². The first-order valence-electron chi connectivity index (χ1n) is 8.65. The van der Waals surface area contributed by atoms with E-state index in [1.165, 1.54) is 6.07 Å². The van der Waals surface area contributed by atoms with Gasteiger partial charge >= 0.3 is 5.97 Å². The molecule has 2 aromatic carbocycles. The van der Waals surface area contributed by atoms with Crippen LogP contribution in [0.1, 0.15) is 27.6 Å². The molecule has 0 radical (unpaired) electrons. The fraction of sp³-hybridized carbons (Fsp3) is 0.300. The molecule has 0 aromatic heterocycles. The minimum atomic E-state index is -1.04. The summed E-state index contributed by atoms with van der Waals surface area (Å²) in [5.41, 5.74) is 1.82. The minimum Gasteiger partial charge on any atom is -0.478 e. The summed E-state index contributed by atoms with van der Waals surface area (Å²) in [6, 6.07) is 11.3. The van der Waals surface area contributed by atoms with Gasteiger partial charge in [-0.15, -0.1) is 0 Å². The Hall–Kier alpha value is -2.57. The molecule has 2 aromatic rings. The van der Waals surface area contributed by atoms with Gasteiger partial charge in [0.15, 0.2) is 0 Å². The summed E-state index contributed by atoms with van der Waals surface area (Å²) in [6.07, 6.45) is 0. The third kappa shape index (κ3) is 5.70. The van der Waals surface area contributed by atoms with Crippen molar-refractivity contribution in [2.24, 2.45) is 0 Å². The van der Waals surface area contributed by atoms with Gasteiger partial charge in [-0.05, 0) is 63.5 Å². The van der Waals surface area contributed by atoms with Crippen LogP contribution in [0.4, 0.5) is 11.4 Å². The highest BCUT2D eigenvalue weighted by atomic mass is 35.5. The van der Waals surface area contributed by atoms with E-state index in [4.69, 9.17) is 11.6 Å². The van der Waals surface area contributed by atoms with Crippen molar-refractivity contribution in [2.75, 3.05) is 43.9 Å². The van der Waals surface area contributed by atoms with Gasteiger partial charge in [0.2, 0.25) is 0 Å². The fourth-order valence-corrected chi connectivity index (χ4v) is 2.74. The molecule has 1 amide bonds. The summed E-state index contributed by atoms with van der Waals surface area (Å²) in [6.45, 7) is 4.33. The van der Waals surface area contributed by atoms with Crippen molar-refractivity contribution >= 4 is 34.9 Å². The van der Waals surface area contributed by atoms with E-state index in [2.05, 4.69) is 15.1 Å². The Morgan fingerprint density at radius 3 is 2.22 bits per heavy atom. The van der Waals surface area contributed by atoms with Crippen LogP contribution in [0.5, 0.6) is 0 Å². The molecular weight excluding hydrogens is 366 g/mol. The van der Waals surface area contributed by atoms with Gasteiger partial charge in [0.25, 0.3) is 5.91 Å². The van der Waals surface area contributed by atoms with E-state index in [0.717, 1.165) is 25.3 Å². The van der Waals surface area contributed by atoms with Gasteiger partial charge in [0.1, 0.15) is 0 Å². The molecule has 0 atom stereocenters. The molecule has 0 aliphatic rings. The second kappa shape index (κ2) is 9.39. The molecule has 0 aliphatic carbocycles. The number of anilines is 2. The lowest BCUT2D eigenvalue weighted by atomic mass is 10.1. The second-order valence-electron chi connectivity index (χ2n) is 6.38. The number of nitrogens with one attached hydrogen (secondary N) is 1. The van der Waals surface area contributed by atoms with E-state index in [1.807, 2.05) is 21.0 Å². The lowest BCUT2D eigenvalue weighted by Gasteiger charge is -2.27. The summed E-state index contributed by atoms with van der Waals surface area (Å²) >= 11 is 5.87. The van der Waals surface area contributed by atoms with Crippen molar-refractivity contribution < 1.29 is 14.7 Å². The maximum atomic E-state index is 12.6. The van der Waals surface area contributed by atoms with Crippen LogP contribution in [-0.4, -0.2) is 55.6 Å². The van der Waals surface area contributed by atoms with E-state index in [-0.39, 0.29) is 11.5 Å². The number of carboxylic acids is 1. The smallest absolute Gasteiger partial charge is 0.335 e. The number of benzene rings is 2. The van der Waals surface area contributed by atoms with E-state index >= 15 is 0 Å². The highest BCUT2D eigenvalue weighted by molar-refractivity contribution is 6.30. The van der Waals surface area contributed by atoms with Crippen LogP contribution < -0.4 is 10.2 Å². The molecule has 144 valence electrons. The molecule has 2 N–H and O–H groups in total. The highest BCUT2D eigenvalue weighted by Crippen LogP contribution is 2.28. The summed E-state index contributed by atoms with van der Waals surface area (Å²) in [5, 5.41) is 12.7. The van der Waals surface area contributed by atoms with Crippen molar-refractivity contribution in [1.82, 2.24) is 4.90 Å². The molecule has 0 saturated carbocycles. The van der Waals surface area contributed by atoms with Crippen molar-refractivity contribution in [1.29, 1.82) is 0 Å². The number of aromatic carboxylic acids is 1. The monoisotopic (exact) mass is 389 g/mol. The predicted octanol–water partition coefficient (Wildman–Crippen LogP) is 3.68. The maximum Gasteiger partial charge on any atom is 0.335 e. The summed E-state index contributed by atoms with van der Waals surface area (Å²) in [7, 11) is 3.98. The van der Waals surface area contributed by atoms with Crippen LogP contribution in [-0.2, 0) is 0 Å². The van der Waals surface area contributed by atoms with E-state index in [0.29, 0.717) is 16.3 Å². The van der Waals surface area contributed by atoms with Crippen molar-refractivity contribution in [3.63, 3.8) is 0 Å². The summed E-state index contributed by atoms with van der Waals surface area (Å²) < 4.78 is 0. The molecule has 0 fully saturated rings. The van der Waals surface area contributed by atoms with E-state index in [9.17, 15) is 14.7 Å². The number of nitrogens with zero attached hydrogens (tertiary/aromatic N) is 2. The number of rotatable bonds is 8. The first-order valence-corrected chi connectivity index (χ1v) is 9.03. The standard InChI is InChI=1S/C20H24ClN3O3/c1-4-24(12-11-23(2)3)18-10-7-15(20(26)27)13-17(18)22-19(25)14-5-8-16(21)9-6-14/h5-10,13H,4,11-12H2,1-3H3,(H,22,25)(H,26,27). The quantitative estimate of drug-likeness (QED) is 0.720. The molecule has 0 unspecified atom stereocenters. The summed E-state index contributed by atoms with van der Waals surface area (Å²) in [5.74, 6) is -1.36. The number of amides is 1. The number of carbonyl (C=O) groups excluding carboxylic acids is 1. The SMILES string of the molecule is CCN(CCN(C)C)c1ccc(C(=O)O)cc1NC(=O)c1ccc(Cl)cc1. The van der Waals surface area contributed by atoms with Crippen molar-refractivity contribution in [3.8, 4) is 0 Å². The topological polar surface area (TPSA) is 72.9 Å². The molecule has 0 bridgehead atoms. The largest absolute Gasteiger partial charge is 0.478 e. The molecule has 0 heterocycles. The Morgan fingerprint density at radius 1 is 1.04 bits per heavy atom. The minimum absolute atomic E-state index is 0.119. The predicted molar refractivity (Wildman–Crippen MR) is 109 cm³/mol. The molecule has 2 rings (SSSR count). The number of likely N-dealkylation sites (N-methyl/N-ethyl adjacent to an activating group) is 2. The van der Waals surface area contributed by atoms with Crippen LogP contribution in [0.15, 0.2) is 42.5 Å². The molecule has 0 saturated heterocycles. The Kier molecular flexibility index (Phi) is 7.21. The van der Waals surface area contributed by atoms with Gasteiger partial charge in [-0.2, -0.15) is 0 Å². The highest BCUT2D eigenvalue weighted by Gasteiger charge is 2.16. The molecule has 27 heavy (non-hydrogen) atoms. The second-order valence-corrected chi connectivity index (χ2v) is 6.82. The molecule has 6 nitrogen and oxygen atoms in total. The Morgan fingerprint density at radius 2 is 1.67 bits per heavy atom. The fourth-order valence-electron chi connectivity index (χ4n) is 2.61. The van der Waals surface area contributed by atoms with Gasteiger partial charge in [-0.1, -0.05) is 11.6 Å². The lowest BCUT2D eigenvalue weighted by molar-refractivity contribution is 0.0696. The van der Waals surface area contributed by atoms with E-state index in [1.54, 1.807) is 36.4 Å². The first-order chi connectivity index (χ1) is 12.8. The maximum absolute atomic E-state index is 12.6. The zero-order valence-electron chi connectivity index (χ0n) is 15.7. The number of carbonyl (C=O) groups is 2. The molecule has 0 spiro atoms.